The van der Waals surface area contributed by atoms with Crippen LogP contribution in [0.15, 0.2) is 79.5 Å². The number of hydrogen-bond acceptors (Lipinski definition) is 9. The molecule has 2 aromatic heterocycles. The number of hydrogen-bond donors (Lipinski definition) is 1. The molecule has 0 radical (unpaired) electrons. The van der Waals surface area contributed by atoms with Crippen molar-refractivity contribution in [3.63, 3.8) is 0 Å². The van der Waals surface area contributed by atoms with E-state index in [2.05, 4.69) is 15.3 Å². The highest BCUT2D eigenvalue weighted by Gasteiger charge is 2.33. The minimum atomic E-state index is -0.422. The van der Waals surface area contributed by atoms with Gasteiger partial charge in [-0.05, 0) is 36.2 Å². The van der Waals surface area contributed by atoms with Crippen LogP contribution in [0.5, 0.6) is 11.5 Å². The van der Waals surface area contributed by atoms with Crippen LogP contribution in [0.1, 0.15) is 30.5 Å². The fourth-order valence-electron chi connectivity index (χ4n) is 5.03. The average molecular weight is 586 g/mol. The van der Waals surface area contributed by atoms with E-state index in [1.807, 2.05) is 60.4 Å². The Labute approximate surface area is 250 Å². The molecule has 12 nitrogen and oxygen atoms in total. The molecule has 4 aromatic rings. The van der Waals surface area contributed by atoms with Gasteiger partial charge in [-0.25, -0.2) is 14.8 Å². The lowest BCUT2D eigenvalue weighted by Gasteiger charge is -2.41. The summed E-state index contributed by atoms with van der Waals surface area (Å²) in [4.78, 5) is 43.3. The number of anilines is 1. The quantitative estimate of drug-likeness (QED) is 0.296. The predicted molar refractivity (Wildman–Crippen MR) is 159 cm³/mol. The standard InChI is InChI=1S/C31H35N7O5/c1-22(24-9-10-26(41-2)27(17-24)42-3)34-29(39)18-25-19-36(31(40)43-20-23-7-5-4-6-8-23)15-16-38(25)28-11-12-33-30(35-28)37-14-13-32-21-37/h4-14,17,21-22,25H,15-16,18-20H2,1-3H3,(H,34,39). The second-order valence-corrected chi connectivity index (χ2v) is 10.1. The van der Waals surface area contributed by atoms with E-state index in [0.29, 0.717) is 36.4 Å². The summed E-state index contributed by atoms with van der Waals surface area (Å²) in [6, 6.07) is 16.2. The third kappa shape index (κ3) is 7.21. The Morgan fingerprint density at radius 2 is 1.84 bits per heavy atom. The van der Waals surface area contributed by atoms with Gasteiger partial charge in [-0.3, -0.25) is 9.36 Å². The van der Waals surface area contributed by atoms with Gasteiger partial charge in [0.15, 0.2) is 11.5 Å². The Morgan fingerprint density at radius 1 is 1.02 bits per heavy atom. The molecule has 1 saturated heterocycles. The molecule has 3 heterocycles. The van der Waals surface area contributed by atoms with Crippen LogP contribution in [0.2, 0.25) is 0 Å². The van der Waals surface area contributed by atoms with Gasteiger partial charge in [0.2, 0.25) is 11.9 Å². The molecule has 0 spiro atoms. The molecule has 43 heavy (non-hydrogen) atoms. The van der Waals surface area contributed by atoms with Crippen molar-refractivity contribution in [1.29, 1.82) is 0 Å². The maximum absolute atomic E-state index is 13.4. The summed E-state index contributed by atoms with van der Waals surface area (Å²) in [5.74, 6) is 2.15. The maximum Gasteiger partial charge on any atom is 0.410 e. The van der Waals surface area contributed by atoms with Crippen molar-refractivity contribution in [2.45, 2.75) is 32.0 Å². The molecule has 1 aliphatic heterocycles. The minimum Gasteiger partial charge on any atom is -0.493 e. The predicted octanol–water partition coefficient (Wildman–Crippen LogP) is 3.77. The van der Waals surface area contributed by atoms with Gasteiger partial charge in [0.1, 0.15) is 18.8 Å². The number of carbonyl (C=O) groups is 2. The van der Waals surface area contributed by atoms with Crippen LogP contribution in [0.3, 0.4) is 0 Å². The molecule has 2 amide bonds. The van der Waals surface area contributed by atoms with Gasteiger partial charge in [0, 0.05) is 44.6 Å². The van der Waals surface area contributed by atoms with Gasteiger partial charge in [-0.15, -0.1) is 0 Å². The number of aromatic nitrogens is 4. The summed E-state index contributed by atoms with van der Waals surface area (Å²) >= 11 is 0. The summed E-state index contributed by atoms with van der Waals surface area (Å²) in [7, 11) is 3.15. The van der Waals surface area contributed by atoms with Crippen LogP contribution >= 0.6 is 0 Å². The molecule has 2 aromatic carbocycles. The van der Waals surface area contributed by atoms with Crippen LogP contribution < -0.4 is 19.7 Å². The van der Waals surface area contributed by atoms with Crippen molar-refractivity contribution in [1.82, 2.24) is 29.7 Å². The molecule has 0 aliphatic carbocycles. The van der Waals surface area contributed by atoms with Crippen molar-refractivity contribution in [2.75, 3.05) is 38.8 Å². The van der Waals surface area contributed by atoms with Crippen LogP contribution in [0, 0.1) is 0 Å². The lowest BCUT2D eigenvalue weighted by atomic mass is 10.1. The highest BCUT2D eigenvalue weighted by atomic mass is 16.6. The monoisotopic (exact) mass is 585 g/mol. The number of imidazole rings is 1. The van der Waals surface area contributed by atoms with Gasteiger partial charge >= 0.3 is 6.09 Å². The normalized spacial score (nSPS) is 15.5. The van der Waals surface area contributed by atoms with Gasteiger partial charge in [-0.1, -0.05) is 36.4 Å². The first kappa shape index (κ1) is 29.4. The summed E-state index contributed by atoms with van der Waals surface area (Å²) in [5, 5.41) is 3.09. The van der Waals surface area contributed by atoms with Gasteiger partial charge < -0.3 is 29.3 Å². The smallest absolute Gasteiger partial charge is 0.410 e. The van der Waals surface area contributed by atoms with E-state index in [0.717, 1.165) is 11.1 Å². The molecular weight excluding hydrogens is 550 g/mol. The zero-order chi connectivity index (χ0) is 30.2. The van der Waals surface area contributed by atoms with Crippen LogP contribution in [-0.2, 0) is 16.1 Å². The summed E-state index contributed by atoms with van der Waals surface area (Å²) in [6.45, 7) is 3.25. The van der Waals surface area contributed by atoms with Crippen molar-refractivity contribution in [2.24, 2.45) is 0 Å². The Kier molecular flexibility index (Phi) is 9.35. The van der Waals surface area contributed by atoms with Gasteiger partial charge in [-0.2, -0.15) is 4.98 Å². The van der Waals surface area contributed by atoms with E-state index >= 15 is 0 Å². The van der Waals surface area contributed by atoms with Crippen LogP contribution in [0.25, 0.3) is 5.95 Å². The SMILES string of the molecule is COc1ccc(C(C)NC(=O)CC2CN(C(=O)OCc3ccccc3)CCN2c2ccnc(-n3ccnc3)n2)cc1OC. The van der Waals surface area contributed by atoms with Crippen molar-refractivity contribution in [3.8, 4) is 17.4 Å². The van der Waals surface area contributed by atoms with E-state index in [-0.39, 0.29) is 37.6 Å². The van der Waals surface area contributed by atoms with Gasteiger partial charge in [0.05, 0.1) is 26.3 Å². The first-order chi connectivity index (χ1) is 20.9. The van der Waals surface area contributed by atoms with Gasteiger partial charge in [0.25, 0.3) is 0 Å². The lowest BCUT2D eigenvalue weighted by molar-refractivity contribution is -0.122. The number of amides is 2. The third-order valence-electron chi connectivity index (χ3n) is 7.31. The Balaban J connectivity index is 1.31. The highest BCUT2D eigenvalue weighted by Crippen LogP contribution is 2.30. The minimum absolute atomic E-state index is 0.129. The first-order valence-electron chi connectivity index (χ1n) is 14.0. The molecule has 0 saturated carbocycles. The summed E-state index contributed by atoms with van der Waals surface area (Å²) in [5.41, 5.74) is 1.78. The van der Waals surface area contributed by atoms with Crippen molar-refractivity contribution in [3.05, 3.63) is 90.6 Å². The molecule has 2 atom stereocenters. The highest BCUT2D eigenvalue weighted by molar-refractivity contribution is 5.78. The molecule has 1 fully saturated rings. The number of nitrogens with one attached hydrogen (secondary N) is 1. The molecule has 5 rings (SSSR count). The number of rotatable bonds is 10. The Bertz CT molecular complexity index is 1520. The van der Waals surface area contributed by atoms with E-state index in [1.165, 1.54) is 0 Å². The van der Waals surface area contributed by atoms with Crippen molar-refractivity contribution >= 4 is 17.8 Å². The summed E-state index contributed by atoms with van der Waals surface area (Å²) < 4.78 is 18.1. The largest absolute Gasteiger partial charge is 0.493 e. The van der Waals surface area contributed by atoms with Crippen molar-refractivity contribution < 1.29 is 23.8 Å². The Morgan fingerprint density at radius 3 is 2.58 bits per heavy atom. The molecule has 2 unspecified atom stereocenters. The molecule has 0 bridgehead atoms. The fourth-order valence-corrected chi connectivity index (χ4v) is 5.03. The molecule has 1 N–H and O–H groups in total. The number of ether oxygens (including phenoxy) is 3. The number of methoxy groups -OCH3 is 2. The topological polar surface area (TPSA) is 124 Å². The molecule has 12 heteroatoms. The zero-order valence-corrected chi connectivity index (χ0v) is 24.4. The second kappa shape index (κ2) is 13.7. The van der Waals surface area contributed by atoms with E-state index in [4.69, 9.17) is 19.2 Å². The Hall–Kier alpha value is -5.13. The lowest BCUT2D eigenvalue weighted by Crippen LogP contribution is -2.56. The fraction of sp³-hybridized carbons (Fsp3) is 0.323. The molecule has 1 aliphatic rings. The molecular formula is C31H35N7O5. The number of carbonyl (C=O) groups excluding carboxylic acids is 2. The second-order valence-electron chi connectivity index (χ2n) is 10.1. The number of benzene rings is 2. The maximum atomic E-state index is 13.4. The average Bonchev–Trinajstić information content (AvgIpc) is 3.59. The van der Waals surface area contributed by atoms with Crippen LogP contribution in [0.4, 0.5) is 10.6 Å². The molecule has 224 valence electrons. The third-order valence-corrected chi connectivity index (χ3v) is 7.31. The summed E-state index contributed by atoms with van der Waals surface area (Å²) in [6.07, 6.45) is 6.43. The van der Waals surface area contributed by atoms with E-state index < -0.39 is 6.09 Å². The number of piperazine rings is 1. The van der Waals surface area contributed by atoms with E-state index in [1.54, 1.807) is 54.7 Å². The first-order valence-corrected chi connectivity index (χ1v) is 14.0. The number of nitrogens with zero attached hydrogens (tertiary/aromatic N) is 6. The van der Waals surface area contributed by atoms with Crippen LogP contribution in [-0.4, -0.2) is 76.3 Å². The zero-order valence-electron chi connectivity index (χ0n) is 24.4. The van der Waals surface area contributed by atoms with E-state index in [9.17, 15) is 9.59 Å².